The van der Waals surface area contributed by atoms with Crippen LogP contribution in [0.5, 0.6) is 0 Å². The standard InChI is InChI=1S/C13H18N2O3S/c1-10(16)11-4-3-5-13(8-11)19(17,18)14-12-6-7-15(2)9-12/h3-5,8,12,14H,6-7,9H2,1-2H3. The number of likely N-dealkylation sites (tertiary alicyclic amines) is 1. The molecule has 0 bridgehead atoms. The van der Waals surface area contributed by atoms with Crippen LogP contribution in [0.25, 0.3) is 0 Å². The zero-order chi connectivity index (χ0) is 14.0. The van der Waals surface area contributed by atoms with Gasteiger partial charge in [-0.25, -0.2) is 13.1 Å². The monoisotopic (exact) mass is 282 g/mol. The van der Waals surface area contributed by atoms with E-state index in [1.54, 1.807) is 12.1 Å². The lowest BCUT2D eigenvalue weighted by atomic mass is 10.2. The van der Waals surface area contributed by atoms with Crippen molar-refractivity contribution in [1.82, 2.24) is 9.62 Å². The topological polar surface area (TPSA) is 66.5 Å². The molecule has 1 aromatic carbocycles. The summed E-state index contributed by atoms with van der Waals surface area (Å²) in [5.74, 6) is -0.141. The summed E-state index contributed by atoms with van der Waals surface area (Å²) in [6.45, 7) is 3.03. The second-order valence-electron chi connectivity index (χ2n) is 4.95. The fraction of sp³-hybridized carbons (Fsp3) is 0.462. The summed E-state index contributed by atoms with van der Waals surface area (Å²) in [5, 5.41) is 0. The number of likely N-dealkylation sites (N-methyl/N-ethyl adjacent to an activating group) is 1. The van der Waals surface area contributed by atoms with Crippen LogP contribution >= 0.6 is 0 Å². The molecule has 1 fully saturated rings. The Morgan fingerprint density at radius 2 is 2.16 bits per heavy atom. The molecule has 19 heavy (non-hydrogen) atoms. The first kappa shape index (κ1) is 14.2. The minimum atomic E-state index is -3.55. The minimum absolute atomic E-state index is 0.0593. The fourth-order valence-electron chi connectivity index (χ4n) is 2.20. The lowest BCUT2D eigenvalue weighted by Crippen LogP contribution is -2.36. The third-order valence-electron chi connectivity index (χ3n) is 3.26. The van der Waals surface area contributed by atoms with Crippen molar-refractivity contribution in [2.45, 2.75) is 24.3 Å². The third kappa shape index (κ3) is 3.40. The second-order valence-corrected chi connectivity index (χ2v) is 6.67. The quantitative estimate of drug-likeness (QED) is 0.832. The lowest BCUT2D eigenvalue weighted by Gasteiger charge is -2.13. The molecule has 0 radical (unpaired) electrons. The number of sulfonamides is 1. The van der Waals surface area contributed by atoms with Crippen molar-refractivity contribution in [1.29, 1.82) is 0 Å². The largest absolute Gasteiger partial charge is 0.305 e. The molecule has 104 valence electrons. The van der Waals surface area contributed by atoms with Gasteiger partial charge in [0.15, 0.2) is 5.78 Å². The smallest absolute Gasteiger partial charge is 0.240 e. The van der Waals surface area contributed by atoms with Crippen molar-refractivity contribution in [2.75, 3.05) is 20.1 Å². The Bertz CT molecular complexity index is 583. The SMILES string of the molecule is CC(=O)c1cccc(S(=O)(=O)NC2CCN(C)C2)c1. The van der Waals surface area contributed by atoms with Crippen LogP contribution in [0.2, 0.25) is 0 Å². The molecule has 1 heterocycles. The average Bonchev–Trinajstić information content (AvgIpc) is 2.74. The molecule has 0 aromatic heterocycles. The predicted molar refractivity (Wildman–Crippen MR) is 72.7 cm³/mol. The summed E-state index contributed by atoms with van der Waals surface area (Å²) in [7, 11) is -1.59. The summed E-state index contributed by atoms with van der Waals surface area (Å²) < 4.78 is 27.1. The van der Waals surface area contributed by atoms with Gasteiger partial charge in [0.25, 0.3) is 0 Å². The maximum atomic E-state index is 12.2. The van der Waals surface area contributed by atoms with Crippen LogP contribution in [0.1, 0.15) is 23.7 Å². The lowest BCUT2D eigenvalue weighted by molar-refractivity contribution is 0.101. The molecule has 1 atom stereocenters. The van der Waals surface area contributed by atoms with Crippen molar-refractivity contribution in [2.24, 2.45) is 0 Å². The predicted octanol–water partition coefficient (Wildman–Crippen LogP) is 0.872. The van der Waals surface area contributed by atoms with Gasteiger partial charge in [-0.3, -0.25) is 4.79 Å². The van der Waals surface area contributed by atoms with Gasteiger partial charge in [-0.15, -0.1) is 0 Å². The highest BCUT2D eigenvalue weighted by atomic mass is 32.2. The molecule has 1 unspecified atom stereocenters. The Balaban J connectivity index is 2.19. The number of nitrogens with zero attached hydrogens (tertiary/aromatic N) is 1. The zero-order valence-corrected chi connectivity index (χ0v) is 11.9. The van der Waals surface area contributed by atoms with Gasteiger partial charge >= 0.3 is 0 Å². The molecule has 6 heteroatoms. The summed E-state index contributed by atoms with van der Waals surface area (Å²) in [5.41, 5.74) is 0.409. The molecular weight excluding hydrogens is 264 g/mol. The molecule has 1 saturated heterocycles. The number of ketones is 1. The van der Waals surface area contributed by atoms with E-state index in [9.17, 15) is 13.2 Å². The molecule has 1 aromatic rings. The average molecular weight is 282 g/mol. The van der Waals surface area contributed by atoms with Crippen LogP contribution in [0.15, 0.2) is 29.2 Å². The van der Waals surface area contributed by atoms with Gasteiger partial charge in [-0.2, -0.15) is 0 Å². The first-order valence-corrected chi connectivity index (χ1v) is 7.69. The Labute approximate surface area is 113 Å². The molecule has 0 aliphatic carbocycles. The molecule has 0 spiro atoms. The fourth-order valence-corrected chi connectivity index (χ4v) is 3.51. The van der Waals surface area contributed by atoms with Crippen LogP contribution in [-0.2, 0) is 10.0 Å². The number of benzene rings is 1. The number of hydrogen-bond acceptors (Lipinski definition) is 4. The van der Waals surface area contributed by atoms with E-state index in [4.69, 9.17) is 0 Å². The van der Waals surface area contributed by atoms with E-state index in [1.807, 2.05) is 7.05 Å². The molecule has 0 amide bonds. The Morgan fingerprint density at radius 1 is 1.42 bits per heavy atom. The summed E-state index contributed by atoms with van der Waals surface area (Å²) in [6, 6.07) is 6.07. The number of carbonyl (C=O) groups excluding carboxylic acids is 1. The molecule has 0 saturated carbocycles. The Kier molecular flexibility index (Phi) is 4.03. The third-order valence-corrected chi connectivity index (χ3v) is 4.78. The highest BCUT2D eigenvalue weighted by Gasteiger charge is 2.25. The summed E-state index contributed by atoms with van der Waals surface area (Å²) in [6.07, 6.45) is 0.808. The van der Waals surface area contributed by atoms with Gasteiger partial charge in [0, 0.05) is 18.2 Å². The van der Waals surface area contributed by atoms with E-state index in [0.29, 0.717) is 12.1 Å². The van der Waals surface area contributed by atoms with E-state index in [-0.39, 0.29) is 16.7 Å². The highest BCUT2D eigenvalue weighted by molar-refractivity contribution is 7.89. The first-order valence-electron chi connectivity index (χ1n) is 6.20. The van der Waals surface area contributed by atoms with E-state index in [0.717, 1.165) is 13.0 Å². The van der Waals surface area contributed by atoms with Crippen molar-refractivity contribution < 1.29 is 13.2 Å². The van der Waals surface area contributed by atoms with E-state index >= 15 is 0 Å². The van der Waals surface area contributed by atoms with E-state index < -0.39 is 10.0 Å². The van der Waals surface area contributed by atoms with Crippen LogP contribution in [0.3, 0.4) is 0 Å². The maximum Gasteiger partial charge on any atom is 0.240 e. The van der Waals surface area contributed by atoms with Crippen LogP contribution in [-0.4, -0.2) is 45.3 Å². The van der Waals surface area contributed by atoms with E-state index in [1.165, 1.54) is 19.1 Å². The number of carbonyl (C=O) groups is 1. The molecule has 2 rings (SSSR count). The van der Waals surface area contributed by atoms with Gasteiger partial charge in [-0.05, 0) is 39.1 Å². The molecule has 1 N–H and O–H groups in total. The second kappa shape index (κ2) is 5.40. The van der Waals surface area contributed by atoms with Gasteiger partial charge in [0.1, 0.15) is 0 Å². The number of hydrogen-bond donors (Lipinski definition) is 1. The summed E-state index contributed by atoms with van der Waals surface area (Å²) in [4.78, 5) is 13.5. The van der Waals surface area contributed by atoms with Gasteiger partial charge in [-0.1, -0.05) is 12.1 Å². The number of rotatable bonds is 4. The van der Waals surface area contributed by atoms with Crippen molar-refractivity contribution in [3.63, 3.8) is 0 Å². The zero-order valence-electron chi connectivity index (χ0n) is 11.1. The molecule has 5 nitrogen and oxygen atoms in total. The summed E-state index contributed by atoms with van der Waals surface area (Å²) >= 11 is 0. The van der Waals surface area contributed by atoms with E-state index in [2.05, 4.69) is 9.62 Å². The van der Waals surface area contributed by atoms with Gasteiger partial charge in [0.2, 0.25) is 10.0 Å². The molecule has 1 aliphatic rings. The van der Waals surface area contributed by atoms with Crippen molar-refractivity contribution in [3.8, 4) is 0 Å². The number of Topliss-reactive ketones (excluding diaryl/α,β-unsaturated/α-hetero) is 1. The van der Waals surface area contributed by atoms with Crippen LogP contribution in [0.4, 0.5) is 0 Å². The normalized spacial score (nSPS) is 20.6. The van der Waals surface area contributed by atoms with Crippen LogP contribution < -0.4 is 4.72 Å². The highest BCUT2D eigenvalue weighted by Crippen LogP contribution is 2.15. The minimum Gasteiger partial charge on any atom is -0.305 e. The molecular formula is C13H18N2O3S. The molecule has 1 aliphatic heterocycles. The van der Waals surface area contributed by atoms with Gasteiger partial charge in [0.05, 0.1) is 4.90 Å². The maximum absolute atomic E-state index is 12.2. The van der Waals surface area contributed by atoms with Gasteiger partial charge < -0.3 is 4.90 Å². The Hall–Kier alpha value is -1.24. The first-order chi connectivity index (χ1) is 8.88. The van der Waals surface area contributed by atoms with Crippen molar-refractivity contribution in [3.05, 3.63) is 29.8 Å². The van der Waals surface area contributed by atoms with Crippen molar-refractivity contribution >= 4 is 15.8 Å². The van der Waals surface area contributed by atoms with Crippen LogP contribution in [0, 0.1) is 0 Å². The number of nitrogens with one attached hydrogen (secondary N) is 1. The Morgan fingerprint density at radius 3 is 2.74 bits per heavy atom.